The summed E-state index contributed by atoms with van der Waals surface area (Å²) in [4.78, 5) is 2.49. The van der Waals surface area contributed by atoms with Crippen LogP contribution in [0.2, 0.25) is 0 Å². The van der Waals surface area contributed by atoms with Gasteiger partial charge in [-0.3, -0.25) is 0 Å². The van der Waals surface area contributed by atoms with Crippen molar-refractivity contribution in [2.45, 2.75) is 180 Å². The molecule has 0 fully saturated rings. The van der Waals surface area contributed by atoms with E-state index < -0.39 is 0 Å². The normalized spacial score (nSPS) is 12.3. The van der Waals surface area contributed by atoms with E-state index in [9.17, 15) is 0 Å². The summed E-state index contributed by atoms with van der Waals surface area (Å²) in [5.41, 5.74) is 0. The van der Waals surface area contributed by atoms with E-state index in [4.69, 9.17) is 0 Å². The molecular formula is C30H64BrN. The first-order valence-electron chi connectivity index (χ1n) is 14.9. The molecule has 0 aliphatic carbocycles. The number of hydrogen-bond donors (Lipinski definition) is 0. The van der Waals surface area contributed by atoms with Gasteiger partial charge in [0.2, 0.25) is 0 Å². The molecule has 0 aliphatic heterocycles. The largest absolute Gasteiger partial charge is 0.306 e. The number of halogens is 1. The third-order valence-corrected chi connectivity index (χ3v) is 7.26. The lowest BCUT2D eigenvalue weighted by Crippen LogP contribution is -2.27. The minimum absolute atomic E-state index is 0. The van der Waals surface area contributed by atoms with Crippen molar-refractivity contribution in [2.24, 2.45) is 0 Å². The monoisotopic (exact) mass is 517 g/mol. The van der Waals surface area contributed by atoms with Gasteiger partial charge in [0.15, 0.2) is 0 Å². The molecule has 0 bridgehead atoms. The van der Waals surface area contributed by atoms with E-state index in [0.717, 1.165) is 6.04 Å². The Labute approximate surface area is 216 Å². The maximum absolute atomic E-state index is 2.49. The molecule has 196 valence electrons. The summed E-state index contributed by atoms with van der Waals surface area (Å²) in [5.74, 6) is 0. The predicted molar refractivity (Wildman–Crippen MR) is 155 cm³/mol. The fourth-order valence-electron chi connectivity index (χ4n) is 4.93. The van der Waals surface area contributed by atoms with E-state index in [1.54, 1.807) is 0 Å². The predicted octanol–water partition coefficient (Wildman–Crippen LogP) is 11.3. The lowest BCUT2D eigenvalue weighted by Gasteiger charge is -2.24. The average molecular weight is 519 g/mol. The zero-order valence-electron chi connectivity index (χ0n) is 23.1. The summed E-state index contributed by atoms with van der Waals surface area (Å²) in [6.45, 7) is 4.61. The van der Waals surface area contributed by atoms with Crippen molar-refractivity contribution >= 4 is 17.0 Å². The molecule has 0 aromatic rings. The first-order chi connectivity index (χ1) is 15.2. The van der Waals surface area contributed by atoms with Crippen molar-refractivity contribution in [1.82, 2.24) is 4.90 Å². The van der Waals surface area contributed by atoms with E-state index >= 15 is 0 Å². The van der Waals surface area contributed by atoms with Crippen molar-refractivity contribution in [3.8, 4) is 0 Å². The van der Waals surface area contributed by atoms with Gasteiger partial charge in [0.25, 0.3) is 0 Å². The Balaban J connectivity index is 0. The van der Waals surface area contributed by atoms with E-state index in [1.165, 1.54) is 161 Å². The van der Waals surface area contributed by atoms with E-state index in [1.807, 2.05) is 0 Å². The number of rotatable bonds is 26. The molecule has 0 aromatic heterocycles. The fourth-order valence-corrected chi connectivity index (χ4v) is 4.93. The fraction of sp³-hybridized carbons (Fsp3) is 1.00. The van der Waals surface area contributed by atoms with Crippen LogP contribution >= 0.6 is 17.0 Å². The van der Waals surface area contributed by atoms with Crippen molar-refractivity contribution in [1.29, 1.82) is 0 Å². The third kappa shape index (κ3) is 26.7. The van der Waals surface area contributed by atoms with Gasteiger partial charge in [-0.25, -0.2) is 0 Å². The van der Waals surface area contributed by atoms with Crippen LogP contribution in [0.1, 0.15) is 174 Å². The standard InChI is InChI=1S/C30H63N.BrH/c1-5-7-9-11-13-15-16-17-18-19-21-23-25-27-29-30(31(3)4)28-26-24-22-20-14-12-10-8-6-2;/h30H,5-29H2,1-4H3;1H. The molecule has 1 nitrogen and oxygen atoms in total. The van der Waals surface area contributed by atoms with Crippen LogP contribution in [0.15, 0.2) is 0 Å². The first-order valence-corrected chi connectivity index (χ1v) is 14.9. The first kappa shape index (κ1) is 34.6. The molecule has 0 spiro atoms. The van der Waals surface area contributed by atoms with Gasteiger partial charge < -0.3 is 4.90 Å². The molecule has 0 rings (SSSR count). The second-order valence-corrected chi connectivity index (χ2v) is 10.6. The molecule has 1 atom stereocenters. The van der Waals surface area contributed by atoms with Crippen LogP contribution in [0, 0.1) is 0 Å². The molecule has 0 N–H and O–H groups in total. The lowest BCUT2D eigenvalue weighted by atomic mass is 9.99. The average Bonchev–Trinajstić information content (AvgIpc) is 2.76. The smallest absolute Gasteiger partial charge is 0.00891 e. The Hall–Kier alpha value is 0.440. The van der Waals surface area contributed by atoms with Crippen LogP contribution in [0.5, 0.6) is 0 Å². The Morgan fingerprint density at radius 2 is 0.594 bits per heavy atom. The molecule has 0 amide bonds. The van der Waals surface area contributed by atoms with Gasteiger partial charge in [0.05, 0.1) is 0 Å². The molecule has 1 unspecified atom stereocenters. The maximum Gasteiger partial charge on any atom is 0.00891 e. The number of nitrogens with zero attached hydrogens (tertiary/aromatic N) is 1. The number of unbranched alkanes of at least 4 members (excludes halogenated alkanes) is 21. The van der Waals surface area contributed by atoms with Crippen molar-refractivity contribution in [2.75, 3.05) is 14.1 Å². The minimum Gasteiger partial charge on any atom is -0.306 e. The quantitative estimate of drug-likeness (QED) is 0.103. The van der Waals surface area contributed by atoms with Gasteiger partial charge in [0.1, 0.15) is 0 Å². The molecule has 0 aromatic carbocycles. The highest BCUT2D eigenvalue weighted by Crippen LogP contribution is 2.18. The van der Waals surface area contributed by atoms with Crippen LogP contribution in [0.3, 0.4) is 0 Å². The highest BCUT2D eigenvalue weighted by Gasteiger charge is 2.10. The van der Waals surface area contributed by atoms with Gasteiger partial charge in [-0.05, 0) is 26.9 Å². The molecule has 32 heavy (non-hydrogen) atoms. The molecule has 0 saturated heterocycles. The molecular weight excluding hydrogens is 454 g/mol. The van der Waals surface area contributed by atoms with E-state index in [2.05, 4.69) is 32.8 Å². The summed E-state index contributed by atoms with van der Waals surface area (Å²) in [7, 11) is 4.59. The van der Waals surface area contributed by atoms with Gasteiger partial charge in [-0.2, -0.15) is 0 Å². The number of hydrogen-bond acceptors (Lipinski definition) is 1. The topological polar surface area (TPSA) is 3.24 Å². The Morgan fingerprint density at radius 3 is 0.812 bits per heavy atom. The van der Waals surface area contributed by atoms with Crippen LogP contribution in [0.4, 0.5) is 0 Å². The van der Waals surface area contributed by atoms with Gasteiger partial charge in [0, 0.05) is 6.04 Å². The lowest BCUT2D eigenvalue weighted by molar-refractivity contribution is 0.251. The van der Waals surface area contributed by atoms with Crippen molar-refractivity contribution < 1.29 is 0 Å². The zero-order valence-corrected chi connectivity index (χ0v) is 24.8. The van der Waals surface area contributed by atoms with Crippen molar-refractivity contribution in [3.05, 3.63) is 0 Å². The van der Waals surface area contributed by atoms with Crippen LogP contribution in [-0.2, 0) is 0 Å². The van der Waals surface area contributed by atoms with E-state index in [-0.39, 0.29) is 17.0 Å². The van der Waals surface area contributed by atoms with E-state index in [0.29, 0.717) is 0 Å². The summed E-state index contributed by atoms with van der Waals surface area (Å²) in [5, 5.41) is 0. The maximum atomic E-state index is 2.49. The molecule has 2 heteroatoms. The van der Waals surface area contributed by atoms with Gasteiger partial charge in [-0.15, -0.1) is 17.0 Å². The molecule has 0 radical (unpaired) electrons. The van der Waals surface area contributed by atoms with Crippen LogP contribution < -0.4 is 0 Å². The second kappa shape index (κ2) is 29.5. The zero-order chi connectivity index (χ0) is 22.8. The summed E-state index contributed by atoms with van der Waals surface area (Å²) >= 11 is 0. The van der Waals surface area contributed by atoms with Gasteiger partial charge in [-0.1, -0.05) is 162 Å². The molecule has 0 heterocycles. The third-order valence-electron chi connectivity index (χ3n) is 7.26. The summed E-state index contributed by atoms with van der Waals surface area (Å²) < 4.78 is 0. The molecule has 0 saturated carbocycles. The highest BCUT2D eigenvalue weighted by atomic mass is 79.9. The Kier molecular flexibility index (Phi) is 31.9. The Morgan fingerprint density at radius 1 is 0.375 bits per heavy atom. The Bertz CT molecular complexity index is 318. The molecule has 0 aliphatic rings. The summed E-state index contributed by atoms with van der Waals surface area (Å²) in [6, 6.07) is 0.821. The summed E-state index contributed by atoms with van der Waals surface area (Å²) in [6.07, 6.45) is 36.3. The van der Waals surface area contributed by atoms with Crippen molar-refractivity contribution in [3.63, 3.8) is 0 Å². The van der Waals surface area contributed by atoms with Crippen LogP contribution in [-0.4, -0.2) is 25.0 Å². The highest BCUT2D eigenvalue weighted by molar-refractivity contribution is 8.93. The van der Waals surface area contributed by atoms with Crippen LogP contribution in [0.25, 0.3) is 0 Å². The minimum atomic E-state index is 0. The van der Waals surface area contributed by atoms with Gasteiger partial charge >= 0.3 is 0 Å². The SMILES string of the molecule is Br.CCCCCCCCCCCCCCCCC(CCCCCCCCCCC)N(C)C. The second-order valence-electron chi connectivity index (χ2n) is 10.6.